The summed E-state index contributed by atoms with van der Waals surface area (Å²) in [5.41, 5.74) is 1.02. The lowest BCUT2D eigenvalue weighted by atomic mass is 10.1. The number of rotatable bonds is 5. The van der Waals surface area contributed by atoms with Crippen LogP contribution in [0.15, 0.2) is 42.6 Å². The third kappa shape index (κ3) is 3.69. The molecule has 0 saturated carbocycles. The largest absolute Gasteiger partial charge is 0.456 e. The van der Waals surface area contributed by atoms with Gasteiger partial charge >= 0.3 is 0 Å². The van der Waals surface area contributed by atoms with Crippen LogP contribution in [-0.4, -0.2) is 12.0 Å². The topological polar surface area (TPSA) is 34.1 Å². The van der Waals surface area contributed by atoms with Crippen LogP contribution >= 0.6 is 11.6 Å². The number of benzene rings is 1. The van der Waals surface area contributed by atoms with Gasteiger partial charge < -0.3 is 10.1 Å². The molecule has 1 heterocycles. The number of nitrogens with zero attached hydrogens (tertiary/aromatic N) is 1. The van der Waals surface area contributed by atoms with E-state index in [2.05, 4.69) is 17.2 Å². The van der Waals surface area contributed by atoms with Crippen LogP contribution < -0.4 is 10.1 Å². The second kappa shape index (κ2) is 6.55. The SMILES string of the molecule is CCC(NC)c1ccc(Oc2cccc(Cl)c2)cn1. The minimum Gasteiger partial charge on any atom is -0.456 e. The Balaban J connectivity index is 2.10. The van der Waals surface area contributed by atoms with Crippen molar-refractivity contribution >= 4 is 11.6 Å². The Kier molecular flexibility index (Phi) is 4.77. The summed E-state index contributed by atoms with van der Waals surface area (Å²) in [6, 6.07) is 11.5. The molecule has 1 aromatic carbocycles. The van der Waals surface area contributed by atoms with Crippen molar-refractivity contribution in [2.24, 2.45) is 0 Å². The smallest absolute Gasteiger partial charge is 0.145 e. The lowest BCUT2D eigenvalue weighted by Gasteiger charge is -2.13. The molecule has 1 unspecified atom stereocenters. The Morgan fingerprint density at radius 1 is 1.26 bits per heavy atom. The van der Waals surface area contributed by atoms with Gasteiger partial charge in [-0.1, -0.05) is 24.6 Å². The van der Waals surface area contributed by atoms with Gasteiger partial charge in [-0.3, -0.25) is 4.98 Å². The third-order valence-corrected chi connectivity index (χ3v) is 3.14. The number of hydrogen-bond donors (Lipinski definition) is 1. The van der Waals surface area contributed by atoms with E-state index in [9.17, 15) is 0 Å². The number of hydrogen-bond acceptors (Lipinski definition) is 3. The maximum absolute atomic E-state index is 5.91. The number of pyridine rings is 1. The van der Waals surface area contributed by atoms with E-state index in [1.807, 2.05) is 37.4 Å². The predicted octanol–water partition coefficient (Wildman–Crippen LogP) is 4.20. The maximum atomic E-state index is 5.91. The highest BCUT2D eigenvalue weighted by Crippen LogP contribution is 2.24. The van der Waals surface area contributed by atoms with Gasteiger partial charge in [-0.2, -0.15) is 0 Å². The quantitative estimate of drug-likeness (QED) is 0.889. The van der Waals surface area contributed by atoms with Crippen LogP contribution in [0.4, 0.5) is 0 Å². The van der Waals surface area contributed by atoms with Gasteiger partial charge in [-0.05, 0) is 43.8 Å². The van der Waals surface area contributed by atoms with Gasteiger partial charge in [0.1, 0.15) is 11.5 Å². The maximum Gasteiger partial charge on any atom is 0.145 e. The van der Waals surface area contributed by atoms with E-state index in [4.69, 9.17) is 16.3 Å². The number of ether oxygens (including phenoxy) is 1. The van der Waals surface area contributed by atoms with Gasteiger partial charge in [0.2, 0.25) is 0 Å². The fraction of sp³-hybridized carbons (Fsp3) is 0.267. The summed E-state index contributed by atoms with van der Waals surface area (Å²) in [6.07, 6.45) is 2.73. The van der Waals surface area contributed by atoms with Crippen LogP contribution in [0.1, 0.15) is 25.1 Å². The molecule has 0 aliphatic carbocycles. The lowest BCUT2D eigenvalue weighted by molar-refractivity contribution is 0.477. The summed E-state index contributed by atoms with van der Waals surface area (Å²) in [7, 11) is 1.94. The fourth-order valence-corrected chi connectivity index (χ4v) is 2.07. The number of nitrogens with one attached hydrogen (secondary N) is 1. The molecule has 2 rings (SSSR count). The lowest BCUT2D eigenvalue weighted by Crippen LogP contribution is -2.16. The van der Waals surface area contributed by atoms with Crippen molar-refractivity contribution in [2.75, 3.05) is 7.05 Å². The Labute approximate surface area is 118 Å². The Hall–Kier alpha value is -1.58. The molecule has 19 heavy (non-hydrogen) atoms. The van der Waals surface area contributed by atoms with Crippen LogP contribution in [0.5, 0.6) is 11.5 Å². The minimum absolute atomic E-state index is 0.278. The molecule has 1 aromatic heterocycles. The first-order chi connectivity index (χ1) is 9.22. The van der Waals surface area contributed by atoms with Crippen LogP contribution in [0.2, 0.25) is 5.02 Å². The van der Waals surface area contributed by atoms with Crippen LogP contribution in [0.3, 0.4) is 0 Å². The van der Waals surface area contributed by atoms with E-state index in [0.717, 1.165) is 12.1 Å². The molecule has 0 spiro atoms. The first kappa shape index (κ1) is 13.8. The first-order valence-corrected chi connectivity index (χ1v) is 6.67. The summed E-state index contributed by atoms with van der Waals surface area (Å²) >= 11 is 5.91. The molecule has 0 fully saturated rings. The number of halogens is 1. The predicted molar refractivity (Wildman–Crippen MR) is 77.9 cm³/mol. The molecule has 4 heteroatoms. The normalized spacial score (nSPS) is 12.2. The number of aromatic nitrogens is 1. The van der Waals surface area contributed by atoms with Crippen molar-refractivity contribution in [3.05, 3.63) is 53.3 Å². The molecule has 2 aromatic rings. The van der Waals surface area contributed by atoms with Crippen LogP contribution in [0, 0.1) is 0 Å². The Morgan fingerprint density at radius 3 is 2.68 bits per heavy atom. The Morgan fingerprint density at radius 2 is 2.11 bits per heavy atom. The van der Waals surface area contributed by atoms with Gasteiger partial charge in [0.15, 0.2) is 0 Å². The fourth-order valence-electron chi connectivity index (χ4n) is 1.89. The molecule has 100 valence electrons. The van der Waals surface area contributed by atoms with Crippen molar-refractivity contribution in [1.82, 2.24) is 10.3 Å². The second-order valence-corrected chi connectivity index (χ2v) is 4.66. The van der Waals surface area contributed by atoms with E-state index in [1.54, 1.807) is 12.3 Å². The molecule has 0 bridgehead atoms. The summed E-state index contributed by atoms with van der Waals surface area (Å²) < 4.78 is 5.69. The summed E-state index contributed by atoms with van der Waals surface area (Å²) in [5.74, 6) is 1.42. The molecule has 0 radical (unpaired) electrons. The Bertz CT molecular complexity index is 524. The standard InChI is InChI=1S/C15H17ClN2O/c1-3-14(17-2)15-8-7-13(10-18-15)19-12-6-4-5-11(16)9-12/h4-10,14,17H,3H2,1-2H3. The van der Waals surface area contributed by atoms with Crippen molar-refractivity contribution in [3.8, 4) is 11.5 Å². The average molecular weight is 277 g/mol. The van der Waals surface area contributed by atoms with Gasteiger partial charge in [0, 0.05) is 11.1 Å². The van der Waals surface area contributed by atoms with Crippen molar-refractivity contribution in [3.63, 3.8) is 0 Å². The van der Waals surface area contributed by atoms with Crippen molar-refractivity contribution in [1.29, 1.82) is 0 Å². The van der Waals surface area contributed by atoms with Crippen LogP contribution in [0.25, 0.3) is 0 Å². The molecule has 1 atom stereocenters. The molecule has 0 aliphatic heterocycles. The molecule has 0 amide bonds. The molecule has 1 N–H and O–H groups in total. The summed E-state index contributed by atoms with van der Waals surface area (Å²) in [4.78, 5) is 4.42. The van der Waals surface area contributed by atoms with Crippen molar-refractivity contribution < 1.29 is 4.74 Å². The van der Waals surface area contributed by atoms with Gasteiger partial charge in [0.25, 0.3) is 0 Å². The van der Waals surface area contributed by atoms with E-state index in [-0.39, 0.29) is 6.04 Å². The molecular formula is C15H17ClN2O. The van der Waals surface area contributed by atoms with Gasteiger partial charge in [0.05, 0.1) is 11.9 Å². The second-order valence-electron chi connectivity index (χ2n) is 4.23. The zero-order valence-electron chi connectivity index (χ0n) is 11.1. The van der Waals surface area contributed by atoms with Gasteiger partial charge in [-0.15, -0.1) is 0 Å². The van der Waals surface area contributed by atoms with Crippen molar-refractivity contribution in [2.45, 2.75) is 19.4 Å². The van der Waals surface area contributed by atoms with Gasteiger partial charge in [-0.25, -0.2) is 0 Å². The summed E-state index contributed by atoms with van der Waals surface area (Å²) in [6.45, 7) is 2.12. The monoisotopic (exact) mass is 276 g/mol. The minimum atomic E-state index is 0.278. The molecular weight excluding hydrogens is 260 g/mol. The zero-order chi connectivity index (χ0) is 13.7. The highest BCUT2D eigenvalue weighted by atomic mass is 35.5. The molecule has 0 saturated heterocycles. The van der Waals surface area contributed by atoms with E-state index < -0.39 is 0 Å². The average Bonchev–Trinajstić information content (AvgIpc) is 2.42. The van der Waals surface area contributed by atoms with Crippen LogP contribution in [-0.2, 0) is 0 Å². The molecule has 0 aliphatic rings. The molecule has 3 nitrogen and oxygen atoms in total. The van der Waals surface area contributed by atoms with E-state index in [1.165, 1.54) is 0 Å². The zero-order valence-corrected chi connectivity index (χ0v) is 11.8. The van der Waals surface area contributed by atoms with E-state index >= 15 is 0 Å². The third-order valence-electron chi connectivity index (χ3n) is 2.90. The summed E-state index contributed by atoms with van der Waals surface area (Å²) in [5, 5.41) is 3.88. The highest BCUT2D eigenvalue weighted by molar-refractivity contribution is 6.30. The van der Waals surface area contributed by atoms with E-state index in [0.29, 0.717) is 16.5 Å². The highest BCUT2D eigenvalue weighted by Gasteiger charge is 2.08. The first-order valence-electron chi connectivity index (χ1n) is 6.29.